The molecule has 0 radical (unpaired) electrons. The number of alkyl halides is 7. The summed E-state index contributed by atoms with van der Waals surface area (Å²) in [6, 6.07) is 31.4. The summed E-state index contributed by atoms with van der Waals surface area (Å²) in [5.74, 6) is 1.90. The zero-order valence-electron chi connectivity index (χ0n) is 26.5. The van der Waals surface area contributed by atoms with Gasteiger partial charge in [-0.2, -0.15) is 26.3 Å². The van der Waals surface area contributed by atoms with Gasteiger partial charge in [0.25, 0.3) is 0 Å². The van der Waals surface area contributed by atoms with Gasteiger partial charge in [0.2, 0.25) is 0 Å². The molecule has 1 unspecified atom stereocenters. The minimum atomic E-state index is -4.35. The van der Waals surface area contributed by atoms with Crippen LogP contribution in [0, 0.1) is 0 Å². The van der Waals surface area contributed by atoms with Crippen molar-refractivity contribution in [2.45, 2.75) is 43.7 Å². The molecule has 5 aromatic rings. The maximum absolute atomic E-state index is 13.0. The smallest absolute Gasteiger partial charge is 0.416 e. The summed E-state index contributed by atoms with van der Waals surface area (Å²) >= 11 is 5.71. The molecule has 1 aliphatic rings. The van der Waals surface area contributed by atoms with Crippen LogP contribution in [0.5, 0.6) is 11.5 Å². The predicted molar refractivity (Wildman–Crippen MR) is 181 cm³/mol. The molecule has 0 saturated heterocycles. The molecule has 6 rings (SSSR count). The molecule has 0 amide bonds. The Balaban J connectivity index is 0.000000221. The Morgan fingerprint density at radius 1 is 0.694 bits per heavy atom. The van der Waals surface area contributed by atoms with Gasteiger partial charge < -0.3 is 14.8 Å². The molecule has 0 fully saturated rings. The molecule has 1 heterocycles. The van der Waals surface area contributed by atoms with Crippen molar-refractivity contribution in [2.24, 2.45) is 0 Å². The highest BCUT2D eigenvalue weighted by Gasteiger charge is 2.31. The molecule has 0 bridgehead atoms. The summed E-state index contributed by atoms with van der Waals surface area (Å²) in [4.78, 5) is 0. The predicted octanol–water partition coefficient (Wildman–Crippen LogP) is 11.0. The Kier molecular flexibility index (Phi) is 11.6. The summed E-state index contributed by atoms with van der Waals surface area (Å²) < 4.78 is 88.4. The van der Waals surface area contributed by atoms with E-state index in [4.69, 9.17) is 21.1 Å². The van der Waals surface area contributed by atoms with Crippen LogP contribution in [-0.2, 0) is 31.2 Å². The highest BCUT2D eigenvalue weighted by Crippen LogP contribution is 2.37. The molecule has 1 aliphatic heterocycles. The monoisotopic (exact) mass is 697 g/mol. The van der Waals surface area contributed by atoms with Crippen molar-refractivity contribution in [3.05, 3.63) is 143 Å². The van der Waals surface area contributed by atoms with Crippen molar-refractivity contribution in [1.29, 1.82) is 0 Å². The van der Waals surface area contributed by atoms with Gasteiger partial charge in [-0.05, 0) is 94.3 Å². The molecule has 5 aromatic carbocycles. The number of aryl methyl sites for hydroxylation is 1. The second-order valence-electron chi connectivity index (χ2n) is 11.5. The van der Waals surface area contributed by atoms with Crippen LogP contribution in [0.1, 0.15) is 34.2 Å². The van der Waals surface area contributed by atoms with Crippen LogP contribution in [0.4, 0.5) is 26.3 Å². The Morgan fingerprint density at radius 2 is 1.20 bits per heavy atom. The molecular formula is C39H34ClF6NO2. The SMILES string of the molecule is COc1cccc2c1OC(CNCc1cccc(-c3cccc(C(F)(F)F)c3)c1)CC2.FC(F)(F)c1cccc(-c2cccc(CCl)c2)c1. The van der Waals surface area contributed by atoms with Gasteiger partial charge in [-0.3, -0.25) is 0 Å². The standard InChI is InChI=1S/C25H24F3NO2.C14H10ClF3/c1-30-23-10-4-6-18-11-12-22(31-24(18)23)16-29-15-17-5-2-7-19(13-17)20-8-3-9-21(14-20)25(26,27)28;15-9-10-3-1-4-11(7-10)12-5-2-6-13(8-12)14(16,17)18/h2-10,13-14,22,29H,11-12,15-16H2,1H3;1-8H,9H2. The fourth-order valence-corrected chi connectivity index (χ4v) is 5.73. The number of benzene rings is 5. The van der Waals surface area contributed by atoms with E-state index in [0.717, 1.165) is 70.4 Å². The van der Waals surface area contributed by atoms with E-state index in [1.165, 1.54) is 18.2 Å². The van der Waals surface area contributed by atoms with E-state index in [2.05, 4.69) is 11.4 Å². The summed E-state index contributed by atoms with van der Waals surface area (Å²) in [5.41, 5.74) is 4.35. The lowest BCUT2D eigenvalue weighted by Gasteiger charge is -2.27. The minimum Gasteiger partial charge on any atom is -0.493 e. The topological polar surface area (TPSA) is 30.5 Å². The molecule has 0 spiro atoms. The van der Waals surface area contributed by atoms with Gasteiger partial charge in [0, 0.05) is 19.0 Å². The largest absolute Gasteiger partial charge is 0.493 e. The van der Waals surface area contributed by atoms with Crippen molar-refractivity contribution >= 4 is 11.6 Å². The van der Waals surface area contributed by atoms with Crippen LogP contribution in [0.2, 0.25) is 0 Å². The summed E-state index contributed by atoms with van der Waals surface area (Å²) in [6.45, 7) is 1.27. The molecular weight excluding hydrogens is 664 g/mol. The molecule has 256 valence electrons. The van der Waals surface area contributed by atoms with Crippen molar-refractivity contribution in [3.8, 4) is 33.8 Å². The number of halogens is 7. The van der Waals surface area contributed by atoms with Crippen LogP contribution in [0.25, 0.3) is 22.3 Å². The highest BCUT2D eigenvalue weighted by molar-refractivity contribution is 6.17. The zero-order valence-corrected chi connectivity index (χ0v) is 27.3. The maximum atomic E-state index is 13.0. The third-order valence-electron chi connectivity index (χ3n) is 8.06. The van der Waals surface area contributed by atoms with Crippen LogP contribution in [0.3, 0.4) is 0 Å². The van der Waals surface area contributed by atoms with E-state index in [9.17, 15) is 26.3 Å². The van der Waals surface area contributed by atoms with Gasteiger partial charge in [0.05, 0.1) is 18.2 Å². The molecule has 1 atom stereocenters. The number of hydrogen-bond donors (Lipinski definition) is 1. The summed E-state index contributed by atoms with van der Waals surface area (Å²) in [7, 11) is 1.64. The summed E-state index contributed by atoms with van der Waals surface area (Å²) in [5, 5.41) is 3.41. The van der Waals surface area contributed by atoms with Crippen LogP contribution < -0.4 is 14.8 Å². The van der Waals surface area contributed by atoms with Gasteiger partial charge in [-0.1, -0.05) is 72.8 Å². The zero-order chi connectivity index (χ0) is 35.0. The normalized spacial score (nSPS) is 14.2. The molecule has 49 heavy (non-hydrogen) atoms. The minimum absolute atomic E-state index is 0.0375. The van der Waals surface area contributed by atoms with Crippen LogP contribution in [-0.4, -0.2) is 19.8 Å². The third-order valence-corrected chi connectivity index (χ3v) is 8.37. The lowest BCUT2D eigenvalue weighted by Crippen LogP contribution is -2.34. The second kappa shape index (κ2) is 15.8. The van der Waals surface area contributed by atoms with Crippen molar-refractivity contribution in [2.75, 3.05) is 13.7 Å². The van der Waals surface area contributed by atoms with Gasteiger partial charge in [0.15, 0.2) is 11.5 Å². The number of ether oxygens (including phenoxy) is 2. The van der Waals surface area contributed by atoms with Gasteiger partial charge in [-0.15, -0.1) is 11.6 Å². The summed E-state index contributed by atoms with van der Waals surface area (Å²) in [6.07, 6.45) is -6.78. The number of methoxy groups -OCH3 is 1. The van der Waals surface area contributed by atoms with Crippen LogP contribution in [0.15, 0.2) is 115 Å². The van der Waals surface area contributed by atoms with E-state index in [1.807, 2.05) is 42.5 Å². The number of fused-ring (bicyclic) bond motifs is 1. The average Bonchev–Trinajstić information content (AvgIpc) is 3.11. The number of para-hydroxylation sites is 1. The second-order valence-corrected chi connectivity index (χ2v) is 11.8. The molecule has 10 heteroatoms. The van der Waals surface area contributed by atoms with Gasteiger partial charge in [0.1, 0.15) is 6.10 Å². The lowest BCUT2D eigenvalue weighted by molar-refractivity contribution is -0.138. The first-order valence-electron chi connectivity index (χ1n) is 15.6. The maximum Gasteiger partial charge on any atom is 0.416 e. The van der Waals surface area contributed by atoms with Gasteiger partial charge >= 0.3 is 12.4 Å². The Hall–Kier alpha value is -4.47. The molecule has 3 nitrogen and oxygen atoms in total. The number of hydrogen-bond acceptors (Lipinski definition) is 3. The quantitative estimate of drug-likeness (QED) is 0.129. The molecule has 0 aliphatic carbocycles. The fraction of sp³-hybridized carbons (Fsp3) is 0.231. The van der Waals surface area contributed by atoms with Crippen molar-refractivity contribution in [3.63, 3.8) is 0 Å². The average molecular weight is 698 g/mol. The number of rotatable bonds is 8. The van der Waals surface area contributed by atoms with E-state index in [1.54, 1.807) is 37.4 Å². The van der Waals surface area contributed by atoms with E-state index in [0.29, 0.717) is 30.1 Å². The third kappa shape index (κ3) is 9.58. The molecule has 1 N–H and O–H groups in total. The van der Waals surface area contributed by atoms with Crippen LogP contribution >= 0.6 is 11.6 Å². The van der Waals surface area contributed by atoms with Crippen molar-refractivity contribution < 1.29 is 35.8 Å². The number of nitrogens with one attached hydrogen (secondary N) is 1. The lowest BCUT2D eigenvalue weighted by atomic mass is 10.0. The molecule has 0 aromatic heterocycles. The Morgan fingerprint density at radius 3 is 1.76 bits per heavy atom. The Labute approximate surface area is 286 Å². The van der Waals surface area contributed by atoms with E-state index in [-0.39, 0.29) is 6.10 Å². The Bertz CT molecular complexity index is 1840. The van der Waals surface area contributed by atoms with Gasteiger partial charge in [-0.25, -0.2) is 0 Å². The van der Waals surface area contributed by atoms with E-state index < -0.39 is 23.5 Å². The van der Waals surface area contributed by atoms with Crippen molar-refractivity contribution in [1.82, 2.24) is 5.32 Å². The fourth-order valence-electron chi connectivity index (χ4n) is 5.56. The van der Waals surface area contributed by atoms with E-state index >= 15 is 0 Å². The molecule has 0 saturated carbocycles. The highest BCUT2D eigenvalue weighted by atomic mass is 35.5. The first-order chi connectivity index (χ1) is 23.4. The first-order valence-corrected chi connectivity index (χ1v) is 16.1. The first kappa shape index (κ1) is 35.8.